The first kappa shape index (κ1) is 48.4. The molecule has 0 saturated carbocycles. The van der Waals surface area contributed by atoms with Crippen molar-refractivity contribution >= 4 is 23.9 Å². The van der Waals surface area contributed by atoms with Crippen molar-refractivity contribution in [3.8, 4) is 0 Å². The Kier molecular flexibility index (Phi) is 17.5. The molecular weight excluding hydrogens is 737 g/mol. The molecule has 4 fully saturated rings. The summed E-state index contributed by atoms with van der Waals surface area (Å²) in [6.07, 6.45) is 8.49. The highest BCUT2D eigenvalue weighted by Crippen LogP contribution is 2.43. The Balaban J connectivity index is 1.33. The second-order valence-corrected chi connectivity index (χ2v) is 21.0. The zero-order valence-electron chi connectivity index (χ0n) is 38.1. The van der Waals surface area contributed by atoms with Crippen molar-refractivity contribution in [3.05, 3.63) is 0 Å². The second-order valence-electron chi connectivity index (χ2n) is 21.0. The van der Waals surface area contributed by atoms with Gasteiger partial charge < -0.3 is 40.2 Å². The van der Waals surface area contributed by atoms with Gasteiger partial charge in [0, 0.05) is 36.5 Å². The van der Waals surface area contributed by atoms with Crippen LogP contribution in [0.2, 0.25) is 0 Å². The summed E-state index contributed by atoms with van der Waals surface area (Å²) in [5.74, 6) is -0.0968. The molecule has 4 rings (SSSR count). The molecule has 4 aliphatic rings. The highest BCUT2D eigenvalue weighted by molar-refractivity contribution is 5.75. The Morgan fingerprint density at radius 2 is 0.966 bits per heavy atom. The molecule has 0 amide bonds. The summed E-state index contributed by atoms with van der Waals surface area (Å²) in [6, 6.07) is 0. The first-order valence-corrected chi connectivity index (χ1v) is 22.8. The first-order chi connectivity index (χ1) is 27.1. The number of hydrogen-bond donors (Lipinski definition) is 4. The zero-order valence-corrected chi connectivity index (χ0v) is 38.1. The molecule has 12 nitrogen and oxygen atoms in total. The molecule has 4 aliphatic heterocycles. The highest BCUT2D eigenvalue weighted by atomic mass is 16.6. The van der Waals surface area contributed by atoms with Gasteiger partial charge in [0.1, 0.15) is 22.4 Å². The normalized spacial score (nSPS) is 24.0. The fraction of sp³-hybridized carbons (Fsp3) is 0.913. The molecule has 0 aromatic carbocycles. The van der Waals surface area contributed by atoms with E-state index in [1.807, 2.05) is 62.3 Å². The van der Waals surface area contributed by atoms with Crippen LogP contribution in [0.4, 0.5) is 0 Å². The number of hydrogen-bond acceptors (Lipinski definition) is 12. The number of piperidine rings is 4. The number of esters is 4. The van der Waals surface area contributed by atoms with Gasteiger partial charge in [0.25, 0.3) is 0 Å². The molecule has 12 heteroatoms. The van der Waals surface area contributed by atoms with Crippen molar-refractivity contribution < 1.29 is 38.1 Å². The van der Waals surface area contributed by atoms with Crippen LogP contribution in [0.5, 0.6) is 0 Å². The maximum Gasteiger partial charge on any atom is 0.306 e. The van der Waals surface area contributed by atoms with Crippen LogP contribution in [0.3, 0.4) is 0 Å². The largest absolute Gasteiger partial charge is 0.459 e. The Morgan fingerprint density at radius 3 is 1.48 bits per heavy atom. The molecule has 0 aromatic heterocycles. The summed E-state index contributed by atoms with van der Waals surface area (Å²) < 4.78 is 24.9. The molecule has 0 bridgehead atoms. The minimum absolute atomic E-state index is 0.0132. The fourth-order valence-electron chi connectivity index (χ4n) is 10.5. The Hall–Kier alpha value is -2.28. The van der Waals surface area contributed by atoms with Crippen LogP contribution in [0, 0.1) is 40.9 Å². The lowest BCUT2D eigenvalue weighted by Gasteiger charge is -2.47. The maximum atomic E-state index is 13.9. The van der Waals surface area contributed by atoms with E-state index in [0.717, 1.165) is 97.3 Å². The molecule has 0 aromatic rings. The van der Waals surface area contributed by atoms with Crippen molar-refractivity contribution in [2.45, 2.75) is 175 Å². The van der Waals surface area contributed by atoms with E-state index in [2.05, 4.69) is 28.2 Å². The van der Waals surface area contributed by atoms with Gasteiger partial charge in [0.2, 0.25) is 0 Å². The Bertz CT molecular complexity index is 1350. The molecule has 4 heterocycles. The topological polar surface area (TPSA) is 153 Å². The number of ether oxygens (including phenoxy) is 4. The van der Waals surface area contributed by atoms with Crippen LogP contribution in [-0.4, -0.2) is 98.6 Å². The number of carbonyl (C=O) groups excluding carboxylic acids is 4. The predicted molar refractivity (Wildman–Crippen MR) is 227 cm³/mol. The lowest BCUT2D eigenvalue weighted by Crippen LogP contribution is -2.53. The quantitative estimate of drug-likeness (QED) is 0.0834. The van der Waals surface area contributed by atoms with Crippen molar-refractivity contribution in [1.29, 1.82) is 0 Å². The molecule has 334 valence electrons. The summed E-state index contributed by atoms with van der Waals surface area (Å²) in [5, 5.41) is 13.8. The third kappa shape index (κ3) is 14.7. The third-order valence-corrected chi connectivity index (χ3v) is 14.1. The van der Waals surface area contributed by atoms with Crippen molar-refractivity contribution in [2.24, 2.45) is 40.9 Å². The van der Waals surface area contributed by atoms with E-state index < -0.39 is 27.8 Å². The van der Waals surface area contributed by atoms with Gasteiger partial charge in [-0.2, -0.15) is 0 Å². The van der Waals surface area contributed by atoms with E-state index >= 15 is 0 Å². The molecule has 4 N–H and O–H groups in total. The van der Waals surface area contributed by atoms with Gasteiger partial charge in [-0.25, -0.2) is 0 Å². The van der Waals surface area contributed by atoms with Gasteiger partial charge in [0.05, 0.1) is 12.8 Å². The maximum absolute atomic E-state index is 13.9. The lowest BCUT2D eigenvalue weighted by molar-refractivity contribution is -0.177. The van der Waals surface area contributed by atoms with E-state index in [0.29, 0.717) is 24.7 Å². The summed E-state index contributed by atoms with van der Waals surface area (Å²) in [6.45, 7) is 27.0. The van der Waals surface area contributed by atoms with E-state index in [4.69, 9.17) is 18.9 Å². The Morgan fingerprint density at radius 1 is 0.534 bits per heavy atom. The standard InChI is InChI=1S/C46H82N4O8/c1-32(27-39(52)56-43(4,5)34-13-20-47-21-14-34)11-12-38(51)55-45(8,9)37-19-26-50-31-33(37)28-46(10,36-17-24-49-25-18-36)58-41(54)30-42(2,3)29-40(53)57-44(6,7)35-15-22-48-23-16-35/h32-37,47-50H,11-31H2,1-10H3. The predicted octanol–water partition coefficient (Wildman–Crippen LogP) is 6.48. The minimum atomic E-state index is -0.742. The smallest absolute Gasteiger partial charge is 0.306 e. The van der Waals surface area contributed by atoms with Crippen LogP contribution < -0.4 is 21.3 Å². The first-order valence-electron chi connectivity index (χ1n) is 22.8. The summed E-state index contributed by atoms with van der Waals surface area (Å²) in [5.41, 5.74) is -3.19. The van der Waals surface area contributed by atoms with Crippen LogP contribution in [0.1, 0.15) is 153 Å². The molecule has 4 unspecified atom stereocenters. The van der Waals surface area contributed by atoms with Crippen molar-refractivity contribution in [2.75, 3.05) is 52.4 Å². The molecule has 4 atom stereocenters. The van der Waals surface area contributed by atoms with E-state index in [1.165, 1.54) is 0 Å². The molecular formula is C46H82N4O8. The minimum Gasteiger partial charge on any atom is -0.459 e. The highest BCUT2D eigenvalue weighted by Gasteiger charge is 2.47. The van der Waals surface area contributed by atoms with Gasteiger partial charge in [-0.05, 0) is 176 Å². The number of carbonyl (C=O) groups is 4. The summed E-state index contributed by atoms with van der Waals surface area (Å²) in [7, 11) is 0. The molecule has 0 radical (unpaired) electrons. The van der Waals surface area contributed by atoms with Gasteiger partial charge in [0.15, 0.2) is 0 Å². The van der Waals surface area contributed by atoms with Gasteiger partial charge in [-0.3, -0.25) is 19.2 Å². The van der Waals surface area contributed by atoms with Crippen LogP contribution in [0.15, 0.2) is 0 Å². The van der Waals surface area contributed by atoms with Crippen LogP contribution >= 0.6 is 0 Å². The van der Waals surface area contributed by atoms with Gasteiger partial charge in [-0.15, -0.1) is 0 Å². The third-order valence-electron chi connectivity index (χ3n) is 14.1. The molecule has 0 aliphatic carbocycles. The lowest BCUT2D eigenvalue weighted by atomic mass is 9.68. The fourth-order valence-corrected chi connectivity index (χ4v) is 10.5. The number of nitrogens with one attached hydrogen (secondary N) is 4. The zero-order chi connectivity index (χ0) is 42.8. The van der Waals surface area contributed by atoms with Crippen LogP contribution in [-0.2, 0) is 38.1 Å². The number of rotatable bonds is 19. The summed E-state index contributed by atoms with van der Waals surface area (Å²) in [4.78, 5) is 53.5. The molecule has 0 spiro atoms. The van der Waals surface area contributed by atoms with E-state index in [1.54, 1.807) is 0 Å². The van der Waals surface area contributed by atoms with E-state index in [-0.39, 0.29) is 73.2 Å². The van der Waals surface area contributed by atoms with Crippen LogP contribution in [0.25, 0.3) is 0 Å². The van der Waals surface area contributed by atoms with E-state index in [9.17, 15) is 19.2 Å². The second kappa shape index (κ2) is 21.0. The SMILES string of the molecule is CC(CCC(=O)OC(C)(C)C1CCNCC1CC(C)(OC(=O)CC(C)(C)CC(=O)OC(C)(C)C1CCNCC1)C1CCNCC1)CC(=O)OC(C)(C)C1CCNCC1. The molecule has 4 saturated heterocycles. The average Bonchev–Trinajstić information content (AvgIpc) is 3.14. The van der Waals surface area contributed by atoms with Gasteiger partial charge >= 0.3 is 23.9 Å². The van der Waals surface area contributed by atoms with Crippen molar-refractivity contribution in [3.63, 3.8) is 0 Å². The Labute approximate surface area is 350 Å². The van der Waals surface area contributed by atoms with Crippen molar-refractivity contribution in [1.82, 2.24) is 21.3 Å². The summed E-state index contributed by atoms with van der Waals surface area (Å²) >= 11 is 0. The monoisotopic (exact) mass is 819 g/mol. The molecule has 58 heavy (non-hydrogen) atoms. The average molecular weight is 819 g/mol. The van der Waals surface area contributed by atoms with Gasteiger partial charge in [-0.1, -0.05) is 20.8 Å².